The summed E-state index contributed by atoms with van der Waals surface area (Å²) in [6, 6.07) is 11.9. The highest BCUT2D eigenvalue weighted by atomic mass is 19.4. The number of hydrogen-bond acceptors (Lipinski definition) is 3. The lowest BCUT2D eigenvalue weighted by molar-refractivity contribution is -0.274. The van der Waals surface area contributed by atoms with E-state index in [0.717, 1.165) is 6.07 Å². The van der Waals surface area contributed by atoms with Gasteiger partial charge in [-0.2, -0.15) is 0 Å². The Morgan fingerprint density at radius 3 is 2.63 bits per heavy atom. The van der Waals surface area contributed by atoms with E-state index >= 15 is 0 Å². The normalized spacial score (nSPS) is 11.4. The second-order valence-electron chi connectivity index (χ2n) is 5.14. The summed E-state index contributed by atoms with van der Waals surface area (Å²) in [4.78, 5) is 15.7. The molecule has 27 heavy (non-hydrogen) atoms. The Balaban J connectivity index is 1.98. The van der Waals surface area contributed by atoms with Gasteiger partial charge in [-0.25, -0.2) is 4.99 Å². The molecule has 0 radical (unpaired) electrons. The Bertz CT molecular complexity index is 889. The predicted molar refractivity (Wildman–Crippen MR) is 96.2 cm³/mol. The number of anilines is 2. The zero-order valence-corrected chi connectivity index (χ0v) is 13.9. The summed E-state index contributed by atoms with van der Waals surface area (Å²) in [5.74, 6) is 1.24. The number of alkyl halides is 3. The van der Waals surface area contributed by atoms with Crippen molar-refractivity contribution < 1.29 is 22.7 Å². The van der Waals surface area contributed by atoms with E-state index in [0.29, 0.717) is 11.3 Å². The molecule has 0 spiro atoms. The summed E-state index contributed by atoms with van der Waals surface area (Å²) < 4.78 is 41.1. The molecule has 0 aliphatic heterocycles. The molecule has 2 aromatic carbocycles. The molecule has 0 saturated heterocycles. The number of aliphatic imine (C=N–C) groups is 1. The van der Waals surface area contributed by atoms with Gasteiger partial charge in [0, 0.05) is 11.3 Å². The van der Waals surface area contributed by atoms with Crippen molar-refractivity contribution >= 4 is 23.2 Å². The molecule has 0 bridgehead atoms. The third kappa shape index (κ3) is 6.62. The van der Waals surface area contributed by atoms with Crippen molar-refractivity contribution in [3.05, 3.63) is 54.1 Å². The first-order chi connectivity index (χ1) is 12.8. The maximum Gasteiger partial charge on any atom is 0.573 e. The molecule has 2 rings (SSSR count). The molecular formula is C18H15F3N4O2. The topological polar surface area (TPSA) is 88.7 Å². The zero-order chi connectivity index (χ0) is 19.9. The first-order valence-corrected chi connectivity index (χ1v) is 7.55. The maximum atomic E-state index is 12.4. The second kappa shape index (κ2) is 8.62. The zero-order valence-electron chi connectivity index (χ0n) is 13.9. The van der Waals surface area contributed by atoms with Crippen molar-refractivity contribution in [1.82, 2.24) is 0 Å². The molecule has 1 amide bonds. The van der Waals surface area contributed by atoms with Crippen molar-refractivity contribution in [3.63, 3.8) is 0 Å². The number of hydrogen-bond donors (Lipinski definition) is 3. The maximum absolute atomic E-state index is 12.4. The van der Waals surface area contributed by atoms with Gasteiger partial charge in [-0.3, -0.25) is 4.79 Å². The van der Waals surface area contributed by atoms with E-state index < -0.39 is 18.0 Å². The van der Waals surface area contributed by atoms with Crippen LogP contribution in [0.1, 0.15) is 5.56 Å². The standard InChI is InChI=1S/C18H15F3N4O2/c1-2-12-6-5-7-13(10-12)24-16(26)11-23-17(22)25-14-8-3-4-9-15(14)27-18(19,20)21/h1,3-10H,11H2,(H,24,26)(H3,22,23,25). The third-order valence-corrected chi connectivity index (χ3v) is 3.08. The fourth-order valence-electron chi connectivity index (χ4n) is 2.01. The molecule has 0 fully saturated rings. The van der Waals surface area contributed by atoms with Gasteiger partial charge in [-0.15, -0.1) is 19.6 Å². The largest absolute Gasteiger partial charge is 0.573 e. The Hall–Kier alpha value is -3.67. The lowest BCUT2D eigenvalue weighted by Crippen LogP contribution is -2.26. The number of para-hydroxylation sites is 2. The van der Waals surface area contributed by atoms with Crippen LogP contribution in [0.3, 0.4) is 0 Å². The van der Waals surface area contributed by atoms with Crippen LogP contribution in [0.25, 0.3) is 0 Å². The molecule has 0 aromatic heterocycles. The van der Waals surface area contributed by atoms with Crippen LogP contribution in [0, 0.1) is 12.3 Å². The third-order valence-electron chi connectivity index (χ3n) is 3.08. The Kier molecular flexibility index (Phi) is 6.27. The fourth-order valence-corrected chi connectivity index (χ4v) is 2.01. The van der Waals surface area contributed by atoms with Crippen molar-refractivity contribution in [2.24, 2.45) is 10.7 Å². The van der Waals surface area contributed by atoms with Crippen LogP contribution in [0.15, 0.2) is 53.5 Å². The minimum atomic E-state index is -4.85. The number of benzene rings is 2. The van der Waals surface area contributed by atoms with E-state index in [1.165, 1.54) is 18.2 Å². The highest BCUT2D eigenvalue weighted by Crippen LogP contribution is 2.29. The van der Waals surface area contributed by atoms with Crippen LogP contribution in [-0.4, -0.2) is 24.8 Å². The molecule has 9 heteroatoms. The molecule has 0 atom stereocenters. The molecule has 0 unspecified atom stereocenters. The van der Waals surface area contributed by atoms with Crippen LogP contribution in [0.4, 0.5) is 24.5 Å². The summed E-state index contributed by atoms with van der Waals surface area (Å²) in [6.45, 7) is -0.346. The van der Waals surface area contributed by atoms with E-state index in [1.807, 2.05) is 0 Å². The highest BCUT2D eigenvalue weighted by Gasteiger charge is 2.32. The van der Waals surface area contributed by atoms with Crippen LogP contribution < -0.4 is 21.1 Å². The molecule has 0 aliphatic carbocycles. The van der Waals surface area contributed by atoms with E-state index in [1.54, 1.807) is 24.3 Å². The molecule has 2 aromatic rings. The van der Waals surface area contributed by atoms with Crippen LogP contribution in [0.5, 0.6) is 5.75 Å². The molecule has 0 heterocycles. The van der Waals surface area contributed by atoms with Crippen LogP contribution in [-0.2, 0) is 4.79 Å². The quantitative estimate of drug-likeness (QED) is 0.425. The van der Waals surface area contributed by atoms with E-state index in [-0.39, 0.29) is 18.2 Å². The van der Waals surface area contributed by atoms with E-state index in [4.69, 9.17) is 12.2 Å². The molecular weight excluding hydrogens is 361 g/mol. The minimum Gasteiger partial charge on any atom is -0.404 e. The smallest absolute Gasteiger partial charge is 0.404 e. The Morgan fingerprint density at radius 1 is 1.19 bits per heavy atom. The van der Waals surface area contributed by atoms with Gasteiger partial charge in [0.15, 0.2) is 11.7 Å². The number of nitrogens with one attached hydrogen (secondary N) is 2. The van der Waals surface area contributed by atoms with Gasteiger partial charge in [0.05, 0.1) is 5.69 Å². The first-order valence-electron chi connectivity index (χ1n) is 7.55. The van der Waals surface area contributed by atoms with Crippen molar-refractivity contribution in [3.8, 4) is 18.1 Å². The van der Waals surface area contributed by atoms with Gasteiger partial charge in [-0.05, 0) is 30.3 Å². The van der Waals surface area contributed by atoms with Gasteiger partial charge in [0.2, 0.25) is 5.91 Å². The van der Waals surface area contributed by atoms with Crippen LogP contribution in [0.2, 0.25) is 0 Å². The van der Waals surface area contributed by atoms with Gasteiger partial charge < -0.3 is 21.1 Å². The lowest BCUT2D eigenvalue weighted by atomic mass is 10.2. The number of rotatable bonds is 5. The number of ether oxygens (including phenoxy) is 1. The average Bonchev–Trinajstić information content (AvgIpc) is 2.60. The Morgan fingerprint density at radius 2 is 1.93 bits per heavy atom. The number of halogens is 3. The van der Waals surface area contributed by atoms with Crippen molar-refractivity contribution in [2.45, 2.75) is 6.36 Å². The van der Waals surface area contributed by atoms with Gasteiger partial charge >= 0.3 is 6.36 Å². The highest BCUT2D eigenvalue weighted by molar-refractivity contribution is 5.97. The number of nitrogens with two attached hydrogens (primary N) is 1. The average molecular weight is 376 g/mol. The number of carbonyl (C=O) groups is 1. The van der Waals surface area contributed by atoms with Gasteiger partial charge in [-0.1, -0.05) is 24.1 Å². The van der Waals surface area contributed by atoms with Crippen molar-refractivity contribution in [2.75, 3.05) is 17.2 Å². The number of terminal acetylenes is 1. The molecule has 140 valence electrons. The SMILES string of the molecule is C#Cc1cccc(NC(=O)CN=C(N)Nc2ccccc2OC(F)(F)F)c1. The summed E-state index contributed by atoms with van der Waals surface area (Å²) in [6.07, 6.45) is 0.431. The molecule has 0 saturated carbocycles. The number of nitrogens with zero attached hydrogens (tertiary/aromatic N) is 1. The predicted octanol–water partition coefficient (Wildman–Crippen LogP) is 2.93. The minimum absolute atomic E-state index is 0.0433. The Labute approximate surface area is 153 Å². The molecule has 0 aliphatic rings. The first kappa shape index (κ1) is 19.7. The van der Waals surface area contributed by atoms with E-state index in [2.05, 4.69) is 26.3 Å². The van der Waals surface area contributed by atoms with E-state index in [9.17, 15) is 18.0 Å². The summed E-state index contributed by atoms with van der Waals surface area (Å²) in [7, 11) is 0. The van der Waals surface area contributed by atoms with Crippen LogP contribution >= 0.6 is 0 Å². The summed E-state index contributed by atoms with van der Waals surface area (Å²) >= 11 is 0. The summed E-state index contributed by atoms with van der Waals surface area (Å²) in [5.41, 5.74) is 6.66. The summed E-state index contributed by atoms with van der Waals surface area (Å²) in [5, 5.41) is 5.05. The number of carbonyl (C=O) groups excluding carboxylic acids is 1. The fraction of sp³-hybridized carbons (Fsp3) is 0.111. The number of amides is 1. The second-order valence-corrected chi connectivity index (χ2v) is 5.14. The number of guanidine groups is 1. The van der Waals surface area contributed by atoms with Crippen molar-refractivity contribution in [1.29, 1.82) is 0 Å². The molecule has 6 nitrogen and oxygen atoms in total. The molecule has 4 N–H and O–H groups in total. The van der Waals surface area contributed by atoms with Gasteiger partial charge in [0.25, 0.3) is 0 Å². The lowest BCUT2D eigenvalue weighted by Gasteiger charge is -2.14. The monoisotopic (exact) mass is 376 g/mol. The van der Waals surface area contributed by atoms with Gasteiger partial charge in [0.1, 0.15) is 6.54 Å².